The topological polar surface area (TPSA) is 87.2 Å². The lowest BCUT2D eigenvalue weighted by molar-refractivity contribution is -0.144. The Labute approximate surface area is 182 Å². The molecule has 0 radical (unpaired) electrons. The molecule has 0 saturated heterocycles. The van der Waals surface area contributed by atoms with Crippen LogP contribution in [0.4, 0.5) is 10.5 Å². The van der Waals surface area contributed by atoms with Gasteiger partial charge in [0.25, 0.3) is 0 Å². The van der Waals surface area contributed by atoms with Gasteiger partial charge in [0.05, 0.1) is 5.69 Å². The standard InChI is InChI=1S/C24H28N2O5/c1-24(2,3)31-23(30)26-19-12-8-7-11-18(19)15-20(26)22(29)25(16-21(27)28)14-13-17-9-5-4-6-10-17/h4-12,20H,13-16H2,1-3H3,(H,27,28)/t20-/m1/s1. The first-order valence-corrected chi connectivity index (χ1v) is 10.3. The first-order chi connectivity index (χ1) is 14.7. The van der Waals surface area contributed by atoms with Crippen LogP contribution in [-0.2, 0) is 27.2 Å². The molecule has 0 fully saturated rings. The Morgan fingerprint density at radius 1 is 1.06 bits per heavy atom. The molecule has 1 heterocycles. The zero-order chi connectivity index (χ0) is 22.6. The number of ether oxygens (including phenoxy) is 1. The van der Waals surface area contributed by atoms with Crippen molar-refractivity contribution >= 4 is 23.7 Å². The number of hydrogen-bond donors (Lipinski definition) is 1. The van der Waals surface area contributed by atoms with Crippen molar-refractivity contribution < 1.29 is 24.2 Å². The van der Waals surface area contributed by atoms with Gasteiger partial charge in [0.2, 0.25) is 5.91 Å². The highest BCUT2D eigenvalue weighted by Crippen LogP contribution is 2.34. The molecule has 2 amide bonds. The predicted molar refractivity (Wildman–Crippen MR) is 117 cm³/mol. The molecule has 0 saturated carbocycles. The highest BCUT2D eigenvalue weighted by atomic mass is 16.6. The van der Waals surface area contributed by atoms with E-state index in [2.05, 4.69) is 0 Å². The van der Waals surface area contributed by atoms with Gasteiger partial charge in [0.15, 0.2) is 0 Å². The van der Waals surface area contributed by atoms with Gasteiger partial charge in [-0.1, -0.05) is 48.5 Å². The third-order valence-corrected chi connectivity index (χ3v) is 5.00. The van der Waals surface area contributed by atoms with Crippen LogP contribution < -0.4 is 4.90 Å². The number of fused-ring (bicyclic) bond motifs is 1. The lowest BCUT2D eigenvalue weighted by Gasteiger charge is -2.31. The highest BCUT2D eigenvalue weighted by Gasteiger charge is 2.42. The quantitative estimate of drug-likeness (QED) is 0.767. The van der Waals surface area contributed by atoms with E-state index in [1.807, 2.05) is 42.5 Å². The summed E-state index contributed by atoms with van der Waals surface area (Å²) in [6, 6.07) is 16.0. The Hall–Kier alpha value is -3.35. The lowest BCUT2D eigenvalue weighted by Crippen LogP contribution is -2.52. The van der Waals surface area contributed by atoms with E-state index in [0.29, 0.717) is 18.5 Å². The fourth-order valence-corrected chi connectivity index (χ4v) is 3.67. The molecule has 31 heavy (non-hydrogen) atoms. The van der Waals surface area contributed by atoms with Gasteiger partial charge in [0.1, 0.15) is 18.2 Å². The van der Waals surface area contributed by atoms with Crippen LogP contribution in [0.5, 0.6) is 0 Å². The van der Waals surface area contributed by atoms with Gasteiger partial charge in [-0.05, 0) is 44.4 Å². The third-order valence-electron chi connectivity index (χ3n) is 5.00. The maximum absolute atomic E-state index is 13.5. The van der Waals surface area contributed by atoms with E-state index in [1.54, 1.807) is 32.9 Å². The van der Waals surface area contributed by atoms with Crippen molar-refractivity contribution in [2.75, 3.05) is 18.0 Å². The van der Waals surface area contributed by atoms with Gasteiger partial charge >= 0.3 is 12.1 Å². The number of amides is 2. The number of aliphatic carboxylic acids is 1. The van der Waals surface area contributed by atoms with E-state index < -0.39 is 36.2 Å². The molecule has 1 aliphatic heterocycles. The summed E-state index contributed by atoms with van der Waals surface area (Å²) < 4.78 is 5.55. The molecule has 0 aliphatic carbocycles. The average Bonchev–Trinajstić information content (AvgIpc) is 3.09. The van der Waals surface area contributed by atoms with E-state index in [0.717, 1.165) is 11.1 Å². The van der Waals surface area contributed by atoms with Crippen LogP contribution >= 0.6 is 0 Å². The first kappa shape index (κ1) is 22.3. The summed E-state index contributed by atoms with van der Waals surface area (Å²) in [5.41, 5.74) is 1.75. The van der Waals surface area contributed by atoms with E-state index in [4.69, 9.17) is 4.74 Å². The number of benzene rings is 2. The van der Waals surface area contributed by atoms with Gasteiger partial charge in [-0.3, -0.25) is 14.5 Å². The number of carboxylic acids is 1. The minimum Gasteiger partial charge on any atom is -0.480 e. The maximum Gasteiger partial charge on any atom is 0.415 e. The Morgan fingerprint density at radius 3 is 2.35 bits per heavy atom. The van der Waals surface area contributed by atoms with Crippen molar-refractivity contribution in [3.8, 4) is 0 Å². The van der Waals surface area contributed by atoms with Crippen LogP contribution in [0.1, 0.15) is 31.9 Å². The number of carbonyl (C=O) groups excluding carboxylic acids is 2. The summed E-state index contributed by atoms with van der Waals surface area (Å²) >= 11 is 0. The fraction of sp³-hybridized carbons (Fsp3) is 0.375. The summed E-state index contributed by atoms with van der Waals surface area (Å²) in [5.74, 6) is -1.50. The molecule has 7 heteroatoms. The number of para-hydroxylation sites is 1. The summed E-state index contributed by atoms with van der Waals surface area (Å²) in [6.45, 7) is 5.10. The van der Waals surface area contributed by atoms with Crippen molar-refractivity contribution in [3.05, 3.63) is 65.7 Å². The Bertz CT molecular complexity index is 952. The van der Waals surface area contributed by atoms with Gasteiger partial charge in [-0.15, -0.1) is 0 Å². The van der Waals surface area contributed by atoms with Crippen LogP contribution in [0.25, 0.3) is 0 Å². The molecule has 1 atom stereocenters. The van der Waals surface area contributed by atoms with Gasteiger partial charge in [-0.2, -0.15) is 0 Å². The van der Waals surface area contributed by atoms with E-state index in [-0.39, 0.29) is 6.54 Å². The normalized spacial score (nSPS) is 15.3. The fourth-order valence-electron chi connectivity index (χ4n) is 3.67. The van der Waals surface area contributed by atoms with Crippen LogP contribution in [0.15, 0.2) is 54.6 Å². The van der Waals surface area contributed by atoms with Gasteiger partial charge < -0.3 is 14.7 Å². The highest BCUT2D eigenvalue weighted by molar-refractivity contribution is 6.01. The molecule has 2 aromatic carbocycles. The number of hydrogen-bond acceptors (Lipinski definition) is 4. The van der Waals surface area contributed by atoms with E-state index in [1.165, 1.54) is 9.80 Å². The van der Waals surface area contributed by atoms with E-state index in [9.17, 15) is 19.5 Å². The minimum atomic E-state index is -1.10. The monoisotopic (exact) mass is 424 g/mol. The molecule has 0 aromatic heterocycles. The largest absolute Gasteiger partial charge is 0.480 e. The number of carbonyl (C=O) groups is 3. The Balaban J connectivity index is 1.85. The van der Waals surface area contributed by atoms with Crippen molar-refractivity contribution in [1.82, 2.24) is 4.90 Å². The van der Waals surface area contributed by atoms with Crippen LogP contribution in [-0.4, -0.2) is 52.7 Å². The molecule has 0 bridgehead atoms. The van der Waals surface area contributed by atoms with Crippen LogP contribution in [0.3, 0.4) is 0 Å². The number of anilines is 1. The van der Waals surface area contributed by atoms with Gasteiger partial charge in [0, 0.05) is 13.0 Å². The summed E-state index contributed by atoms with van der Waals surface area (Å²) in [7, 11) is 0. The molecule has 1 aliphatic rings. The zero-order valence-electron chi connectivity index (χ0n) is 18.1. The van der Waals surface area contributed by atoms with Crippen LogP contribution in [0, 0.1) is 0 Å². The number of nitrogens with zero attached hydrogens (tertiary/aromatic N) is 2. The number of carboxylic acid groups (broad SMARTS) is 1. The van der Waals surface area contributed by atoms with Crippen molar-refractivity contribution in [2.24, 2.45) is 0 Å². The van der Waals surface area contributed by atoms with Crippen molar-refractivity contribution in [1.29, 1.82) is 0 Å². The Kier molecular flexibility index (Phi) is 6.63. The molecule has 3 rings (SSSR count). The summed E-state index contributed by atoms with van der Waals surface area (Å²) in [6.07, 6.45) is 0.218. The maximum atomic E-state index is 13.5. The molecular formula is C24H28N2O5. The van der Waals surface area contributed by atoms with E-state index >= 15 is 0 Å². The molecule has 1 N–H and O–H groups in total. The summed E-state index contributed by atoms with van der Waals surface area (Å²) in [4.78, 5) is 40.6. The zero-order valence-corrected chi connectivity index (χ0v) is 18.1. The van der Waals surface area contributed by atoms with Gasteiger partial charge in [-0.25, -0.2) is 4.79 Å². The SMILES string of the molecule is CC(C)(C)OC(=O)N1c2ccccc2C[C@@H]1C(=O)N(CCc1ccccc1)CC(=O)O. The van der Waals surface area contributed by atoms with Crippen LogP contribution in [0.2, 0.25) is 0 Å². The van der Waals surface area contributed by atoms with Crippen molar-refractivity contribution in [2.45, 2.75) is 45.3 Å². The second kappa shape index (κ2) is 9.20. The molecule has 7 nitrogen and oxygen atoms in total. The molecule has 0 unspecified atom stereocenters. The first-order valence-electron chi connectivity index (χ1n) is 10.3. The second-order valence-corrected chi connectivity index (χ2v) is 8.59. The lowest BCUT2D eigenvalue weighted by atomic mass is 10.1. The number of rotatable bonds is 6. The third kappa shape index (κ3) is 5.63. The van der Waals surface area contributed by atoms with Crippen molar-refractivity contribution in [3.63, 3.8) is 0 Å². The Morgan fingerprint density at radius 2 is 1.71 bits per heavy atom. The minimum absolute atomic E-state index is 0.240. The molecular weight excluding hydrogens is 396 g/mol. The average molecular weight is 424 g/mol. The molecule has 2 aromatic rings. The predicted octanol–water partition coefficient (Wildman–Crippen LogP) is 3.51. The second-order valence-electron chi connectivity index (χ2n) is 8.59. The molecule has 0 spiro atoms. The smallest absolute Gasteiger partial charge is 0.415 e. The molecule has 164 valence electrons. The summed E-state index contributed by atoms with van der Waals surface area (Å²) in [5, 5.41) is 9.38.